The minimum absolute atomic E-state index is 0.104. The molecule has 6 heteroatoms. The van der Waals surface area contributed by atoms with Gasteiger partial charge in [0.1, 0.15) is 10.8 Å². The third kappa shape index (κ3) is 4.34. The fourth-order valence-electron chi connectivity index (χ4n) is 2.03. The summed E-state index contributed by atoms with van der Waals surface area (Å²) in [5.74, 6) is -1.30. The third-order valence-electron chi connectivity index (χ3n) is 3.20. The molecule has 0 aliphatic carbocycles. The molecule has 1 aromatic carbocycles. The number of halogens is 1. The summed E-state index contributed by atoms with van der Waals surface area (Å²) >= 11 is 1.58. The van der Waals surface area contributed by atoms with Crippen molar-refractivity contribution in [3.63, 3.8) is 0 Å². The van der Waals surface area contributed by atoms with Crippen molar-refractivity contribution in [2.24, 2.45) is 0 Å². The van der Waals surface area contributed by atoms with E-state index in [4.69, 9.17) is 5.11 Å². The SMILES string of the molecule is Cc1nc(CNC(CC(=O)O)c2cccc(F)c2)sc1C. The van der Waals surface area contributed by atoms with Crippen molar-refractivity contribution in [2.45, 2.75) is 32.9 Å². The number of benzene rings is 1. The van der Waals surface area contributed by atoms with Crippen LogP contribution < -0.4 is 5.32 Å². The molecule has 0 aliphatic heterocycles. The number of rotatable bonds is 6. The first-order valence-electron chi connectivity index (χ1n) is 6.59. The van der Waals surface area contributed by atoms with E-state index in [2.05, 4.69) is 10.3 Å². The molecule has 2 aromatic rings. The van der Waals surface area contributed by atoms with Crippen molar-refractivity contribution in [1.29, 1.82) is 0 Å². The van der Waals surface area contributed by atoms with Gasteiger partial charge in [-0.05, 0) is 31.5 Å². The molecule has 1 unspecified atom stereocenters. The van der Waals surface area contributed by atoms with Crippen molar-refractivity contribution >= 4 is 17.3 Å². The van der Waals surface area contributed by atoms with Crippen molar-refractivity contribution in [2.75, 3.05) is 0 Å². The molecular formula is C15H17FN2O2S. The Hall–Kier alpha value is -1.79. The van der Waals surface area contributed by atoms with Gasteiger partial charge in [-0.15, -0.1) is 11.3 Å². The van der Waals surface area contributed by atoms with Gasteiger partial charge in [0.25, 0.3) is 0 Å². The average molecular weight is 308 g/mol. The standard InChI is InChI=1S/C15H17FN2O2S/c1-9-10(2)21-14(18-9)8-17-13(7-15(19)20)11-4-3-5-12(16)6-11/h3-6,13,17H,7-8H2,1-2H3,(H,19,20). The number of hydrogen-bond donors (Lipinski definition) is 2. The van der Waals surface area contributed by atoms with Crippen LogP contribution >= 0.6 is 11.3 Å². The lowest BCUT2D eigenvalue weighted by atomic mass is 10.0. The van der Waals surface area contributed by atoms with Gasteiger partial charge < -0.3 is 10.4 Å². The maximum Gasteiger partial charge on any atom is 0.305 e. The molecule has 2 N–H and O–H groups in total. The van der Waals surface area contributed by atoms with Crippen LogP contribution in [-0.2, 0) is 11.3 Å². The van der Waals surface area contributed by atoms with Crippen LogP contribution in [0.15, 0.2) is 24.3 Å². The number of carboxylic acid groups (broad SMARTS) is 1. The van der Waals surface area contributed by atoms with Crippen molar-refractivity contribution in [3.05, 3.63) is 51.2 Å². The number of aromatic nitrogens is 1. The van der Waals surface area contributed by atoms with Gasteiger partial charge in [-0.1, -0.05) is 12.1 Å². The molecule has 0 saturated heterocycles. The Morgan fingerprint density at radius 1 is 1.48 bits per heavy atom. The van der Waals surface area contributed by atoms with Gasteiger partial charge in [-0.2, -0.15) is 0 Å². The van der Waals surface area contributed by atoms with E-state index >= 15 is 0 Å². The first-order valence-corrected chi connectivity index (χ1v) is 7.41. The number of nitrogens with one attached hydrogen (secondary N) is 1. The maximum absolute atomic E-state index is 13.3. The molecule has 4 nitrogen and oxygen atoms in total. The molecule has 1 aromatic heterocycles. The van der Waals surface area contributed by atoms with E-state index in [9.17, 15) is 9.18 Å². The summed E-state index contributed by atoms with van der Waals surface area (Å²) in [5, 5.41) is 13.1. The quantitative estimate of drug-likeness (QED) is 0.860. The maximum atomic E-state index is 13.3. The second-order valence-corrected chi connectivity index (χ2v) is 6.12. The highest BCUT2D eigenvalue weighted by Crippen LogP contribution is 2.21. The van der Waals surface area contributed by atoms with E-state index in [1.807, 2.05) is 13.8 Å². The summed E-state index contributed by atoms with van der Waals surface area (Å²) in [4.78, 5) is 16.5. The zero-order chi connectivity index (χ0) is 15.4. The molecule has 0 radical (unpaired) electrons. The van der Waals surface area contributed by atoms with Gasteiger partial charge in [-0.25, -0.2) is 9.37 Å². The minimum Gasteiger partial charge on any atom is -0.481 e. The van der Waals surface area contributed by atoms with Crippen molar-refractivity contribution in [1.82, 2.24) is 10.3 Å². The molecule has 112 valence electrons. The first-order chi connectivity index (χ1) is 9.95. The third-order valence-corrected chi connectivity index (χ3v) is 4.28. The van der Waals surface area contributed by atoms with Crippen LogP contribution in [0.3, 0.4) is 0 Å². The van der Waals surface area contributed by atoms with Crippen LogP contribution in [0.25, 0.3) is 0 Å². The van der Waals surface area contributed by atoms with Gasteiger partial charge in [0.2, 0.25) is 0 Å². The van der Waals surface area contributed by atoms with Crippen LogP contribution in [-0.4, -0.2) is 16.1 Å². The number of nitrogens with zero attached hydrogens (tertiary/aromatic N) is 1. The summed E-state index contributed by atoms with van der Waals surface area (Å²) in [5.41, 5.74) is 1.61. The smallest absolute Gasteiger partial charge is 0.305 e. The molecule has 21 heavy (non-hydrogen) atoms. The second-order valence-electron chi connectivity index (χ2n) is 4.84. The lowest BCUT2D eigenvalue weighted by molar-refractivity contribution is -0.137. The minimum atomic E-state index is -0.928. The number of aryl methyl sites for hydroxylation is 2. The van der Waals surface area contributed by atoms with E-state index < -0.39 is 12.0 Å². The molecule has 2 rings (SSSR count). The van der Waals surface area contributed by atoms with Crippen LogP contribution in [0.2, 0.25) is 0 Å². The molecule has 1 atom stereocenters. The summed E-state index contributed by atoms with van der Waals surface area (Å²) in [6, 6.07) is 5.57. The highest BCUT2D eigenvalue weighted by atomic mass is 32.1. The van der Waals surface area contributed by atoms with Crippen LogP contribution in [0, 0.1) is 19.7 Å². The number of thiazole rings is 1. The van der Waals surface area contributed by atoms with Crippen molar-refractivity contribution in [3.8, 4) is 0 Å². The second kappa shape index (κ2) is 6.78. The molecule has 0 saturated carbocycles. The van der Waals surface area contributed by atoms with E-state index in [-0.39, 0.29) is 12.2 Å². The van der Waals surface area contributed by atoms with Crippen LogP contribution in [0.4, 0.5) is 4.39 Å². The number of carboxylic acids is 1. The molecular weight excluding hydrogens is 291 g/mol. The molecule has 0 aliphatic rings. The van der Waals surface area contributed by atoms with Gasteiger partial charge in [0, 0.05) is 17.5 Å². The highest BCUT2D eigenvalue weighted by molar-refractivity contribution is 7.11. The Labute approximate surface area is 126 Å². The Kier molecular flexibility index (Phi) is 5.03. The summed E-state index contributed by atoms with van der Waals surface area (Å²) < 4.78 is 13.3. The number of aliphatic carboxylic acids is 1. The molecule has 0 spiro atoms. The predicted octanol–water partition coefficient (Wildman–Crippen LogP) is 3.20. The van der Waals surface area contributed by atoms with E-state index in [0.29, 0.717) is 12.1 Å². The topological polar surface area (TPSA) is 62.2 Å². The molecule has 0 bridgehead atoms. The number of carbonyl (C=O) groups is 1. The van der Waals surface area contributed by atoms with Gasteiger partial charge >= 0.3 is 5.97 Å². The lowest BCUT2D eigenvalue weighted by Gasteiger charge is -2.16. The van der Waals surface area contributed by atoms with Gasteiger partial charge in [-0.3, -0.25) is 4.79 Å². The van der Waals surface area contributed by atoms with Gasteiger partial charge in [0.15, 0.2) is 0 Å². The zero-order valence-electron chi connectivity index (χ0n) is 11.9. The average Bonchev–Trinajstić information content (AvgIpc) is 2.73. The highest BCUT2D eigenvalue weighted by Gasteiger charge is 2.16. The fraction of sp³-hybridized carbons (Fsp3) is 0.333. The molecule has 0 amide bonds. The molecule has 1 heterocycles. The lowest BCUT2D eigenvalue weighted by Crippen LogP contribution is -2.23. The largest absolute Gasteiger partial charge is 0.481 e. The normalized spacial score (nSPS) is 12.3. The van der Waals surface area contributed by atoms with E-state index in [0.717, 1.165) is 15.6 Å². The van der Waals surface area contributed by atoms with E-state index in [1.165, 1.54) is 12.1 Å². The summed E-state index contributed by atoms with van der Waals surface area (Å²) in [6.07, 6.45) is -0.104. The van der Waals surface area contributed by atoms with Gasteiger partial charge in [0.05, 0.1) is 12.1 Å². The monoisotopic (exact) mass is 308 g/mol. The van der Waals surface area contributed by atoms with Crippen LogP contribution in [0.5, 0.6) is 0 Å². The zero-order valence-corrected chi connectivity index (χ0v) is 12.7. The Balaban J connectivity index is 2.11. The van der Waals surface area contributed by atoms with Crippen LogP contribution in [0.1, 0.15) is 33.6 Å². The Morgan fingerprint density at radius 2 is 2.24 bits per heavy atom. The fourth-order valence-corrected chi connectivity index (χ4v) is 2.92. The van der Waals surface area contributed by atoms with E-state index in [1.54, 1.807) is 23.5 Å². The summed E-state index contributed by atoms with van der Waals surface area (Å²) in [6.45, 7) is 4.41. The molecule has 0 fully saturated rings. The predicted molar refractivity (Wildman–Crippen MR) is 79.8 cm³/mol. The Bertz CT molecular complexity index is 623. The van der Waals surface area contributed by atoms with Crippen molar-refractivity contribution < 1.29 is 14.3 Å². The number of hydrogen-bond acceptors (Lipinski definition) is 4. The Morgan fingerprint density at radius 3 is 2.81 bits per heavy atom. The first kappa shape index (κ1) is 15.6. The summed E-state index contributed by atoms with van der Waals surface area (Å²) in [7, 11) is 0.